The summed E-state index contributed by atoms with van der Waals surface area (Å²) in [6.45, 7) is 4.21. The Morgan fingerprint density at radius 1 is 1.17 bits per heavy atom. The molecule has 0 aromatic rings. The molecule has 2 atom stereocenters. The molecule has 3 N–H and O–H groups in total. The third-order valence-electron chi connectivity index (χ3n) is 2.35. The van der Waals surface area contributed by atoms with E-state index in [0.717, 1.165) is 32.6 Å². The van der Waals surface area contributed by atoms with Gasteiger partial charge in [0.2, 0.25) is 0 Å². The van der Waals surface area contributed by atoms with E-state index in [0.29, 0.717) is 6.04 Å². The first-order chi connectivity index (χ1) is 5.97. The Bertz CT molecular complexity index is 162. The molecule has 2 aliphatic rings. The number of nitrogens with zero attached hydrogens (tertiary/aromatic N) is 1. The molecule has 68 valence electrons. The molecule has 0 saturated carbocycles. The Hall–Kier alpha value is -0.450. The maximum Gasteiger partial charge on any atom is 0.116 e. The van der Waals surface area contributed by atoms with Gasteiger partial charge in [0, 0.05) is 32.4 Å². The predicted molar refractivity (Wildman–Crippen MR) is 49.6 cm³/mol. The van der Waals surface area contributed by atoms with Crippen LogP contribution in [-0.2, 0) is 0 Å². The fourth-order valence-corrected chi connectivity index (χ4v) is 1.68. The molecule has 0 spiro atoms. The van der Waals surface area contributed by atoms with Gasteiger partial charge in [-0.2, -0.15) is 0 Å². The molecular formula is C8H16N4. The van der Waals surface area contributed by atoms with Gasteiger partial charge in [0.1, 0.15) is 6.17 Å². The Labute approximate surface area is 72.8 Å². The maximum atomic E-state index is 4.41. The van der Waals surface area contributed by atoms with Gasteiger partial charge >= 0.3 is 0 Å². The van der Waals surface area contributed by atoms with Crippen LogP contribution in [0.1, 0.15) is 6.42 Å². The highest BCUT2D eigenvalue weighted by Gasteiger charge is 2.22. The summed E-state index contributed by atoms with van der Waals surface area (Å²) in [6.07, 6.45) is 3.38. The van der Waals surface area contributed by atoms with Crippen LogP contribution in [0, 0.1) is 0 Å². The summed E-state index contributed by atoms with van der Waals surface area (Å²) in [7, 11) is 0. The zero-order valence-electron chi connectivity index (χ0n) is 7.21. The van der Waals surface area contributed by atoms with Gasteiger partial charge in [-0.15, -0.1) is 0 Å². The van der Waals surface area contributed by atoms with E-state index in [1.165, 1.54) is 0 Å². The molecule has 4 nitrogen and oxygen atoms in total. The lowest BCUT2D eigenvalue weighted by atomic mass is 10.1. The van der Waals surface area contributed by atoms with Crippen molar-refractivity contribution < 1.29 is 0 Å². The fraction of sp³-hybridized carbons (Fsp3) is 0.875. The summed E-state index contributed by atoms with van der Waals surface area (Å²) in [5, 5.41) is 10.2. The van der Waals surface area contributed by atoms with Crippen molar-refractivity contribution in [2.24, 2.45) is 4.99 Å². The number of nitrogens with one attached hydrogen (secondary N) is 3. The number of hydrogen-bond acceptors (Lipinski definition) is 4. The van der Waals surface area contributed by atoms with E-state index < -0.39 is 0 Å². The normalized spacial score (nSPS) is 36.7. The molecule has 0 radical (unpaired) electrons. The van der Waals surface area contributed by atoms with Crippen LogP contribution < -0.4 is 16.0 Å². The second-order valence-corrected chi connectivity index (χ2v) is 3.28. The van der Waals surface area contributed by atoms with Crippen LogP contribution in [0.5, 0.6) is 0 Å². The maximum absolute atomic E-state index is 4.41. The molecule has 2 rings (SSSR count). The van der Waals surface area contributed by atoms with Crippen molar-refractivity contribution in [1.82, 2.24) is 16.0 Å². The highest BCUT2D eigenvalue weighted by atomic mass is 15.2. The average Bonchev–Trinajstić information content (AvgIpc) is 2.21. The second-order valence-electron chi connectivity index (χ2n) is 3.28. The third-order valence-corrected chi connectivity index (χ3v) is 2.35. The summed E-state index contributed by atoms with van der Waals surface area (Å²) in [5.74, 6) is 0. The molecule has 12 heavy (non-hydrogen) atoms. The molecule has 2 aliphatic heterocycles. The number of hydrogen-bond donors (Lipinski definition) is 3. The molecule has 1 saturated heterocycles. The van der Waals surface area contributed by atoms with Gasteiger partial charge in [0.15, 0.2) is 0 Å². The zero-order chi connectivity index (χ0) is 8.23. The number of rotatable bonds is 1. The lowest BCUT2D eigenvalue weighted by Gasteiger charge is -2.31. The molecule has 0 bridgehead atoms. The topological polar surface area (TPSA) is 48.5 Å². The van der Waals surface area contributed by atoms with Crippen molar-refractivity contribution in [2.45, 2.75) is 18.6 Å². The van der Waals surface area contributed by atoms with E-state index in [4.69, 9.17) is 0 Å². The van der Waals surface area contributed by atoms with Gasteiger partial charge in [-0.3, -0.25) is 10.3 Å². The van der Waals surface area contributed by atoms with E-state index in [9.17, 15) is 0 Å². The summed E-state index contributed by atoms with van der Waals surface area (Å²) < 4.78 is 0. The molecule has 0 aromatic heterocycles. The van der Waals surface area contributed by atoms with E-state index in [1.54, 1.807) is 0 Å². The first kappa shape index (κ1) is 8.16. The van der Waals surface area contributed by atoms with Gasteiger partial charge in [0.05, 0.1) is 6.04 Å². The summed E-state index contributed by atoms with van der Waals surface area (Å²) in [6, 6.07) is 0.468. The minimum atomic E-state index is 0.284. The smallest absolute Gasteiger partial charge is 0.116 e. The van der Waals surface area contributed by atoms with Gasteiger partial charge in [0.25, 0.3) is 0 Å². The minimum Gasteiger partial charge on any atom is -0.314 e. The Morgan fingerprint density at radius 2 is 2.17 bits per heavy atom. The Morgan fingerprint density at radius 3 is 2.83 bits per heavy atom. The number of piperazine rings is 1. The first-order valence-corrected chi connectivity index (χ1v) is 4.66. The van der Waals surface area contributed by atoms with E-state index in [1.807, 2.05) is 6.21 Å². The molecule has 0 amide bonds. The van der Waals surface area contributed by atoms with Gasteiger partial charge in [-0.25, -0.2) is 0 Å². The van der Waals surface area contributed by atoms with E-state index in [2.05, 4.69) is 20.9 Å². The lowest BCUT2D eigenvalue weighted by Crippen LogP contribution is -2.58. The van der Waals surface area contributed by atoms with E-state index >= 15 is 0 Å². The minimum absolute atomic E-state index is 0.284. The highest BCUT2D eigenvalue weighted by Crippen LogP contribution is 2.00. The van der Waals surface area contributed by atoms with Crippen LogP contribution >= 0.6 is 0 Å². The molecule has 4 heteroatoms. The highest BCUT2D eigenvalue weighted by molar-refractivity contribution is 5.58. The second kappa shape index (κ2) is 3.98. The van der Waals surface area contributed by atoms with Crippen LogP contribution in [-0.4, -0.2) is 44.6 Å². The Kier molecular flexibility index (Phi) is 2.71. The molecular weight excluding hydrogens is 152 g/mol. The largest absolute Gasteiger partial charge is 0.314 e. The van der Waals surface area contributed by atoms with Crippen molar-refractivity contribution in [2.75, 3.05) is 26.2 Å². The van der Waals surface area contributed by atoms with Crippen LogP contribution in [0.3, 0.4) is 0 Å². The summed E-state index contributed by atoms with van der Waals surface area (Å²) >= 11 is 0. The van der Waals surface area contributed by atoms with Crippen LogP contribution in [0.25, 0.3) is 0 Å². The van der Waals surface area contributed by atoms with Crippen molar-refractivity contribution in [3.8, 4) is 0 Å². The lowest BCUT2D eigenvalue weighted by molar-refractivity contribution is 0.328. The SMILES string of the molecule is C1=NC(C2CNCCN2)NCC1. The van der Waals surface area contributed by atoms with Crippen LogP contribution in [0.15, 0.2) is 4.99 Å². The average molecular weight is 168 g/mol. The molecule has 2 heterocycles. The van der Waals surface area contributed by atoms with Crippen molar-refractivity contribution in [1.29, 1.82) is 0 Å². The van der Waals surface area contributed by atoms with Gasteiger partial charge in [-0.05, 0) is 6.42 Å². The standard InChI is InChI=1S/C8H16N4/c1-2-11-8(12-3-1)7-6-9-4-5-10-7/h2,7-10,12H,1,3-6H2. The van der Waals surface area contributed by atoms with Crippen LogP contribution in [0.2, 0.25) is 0 Å². The molecule has 1 fully saturated rings. The summed E-state index contributed by atoms with van der Waals surface area (Å²) in [5.41, 5.74) is 0. The predicted octanol–water partition coefficient (Wildman–Crippen LogP) is -1.06. The van der Waals surface area contributed by atoms with Crippen molar-refractivity contribution in [3.05, 3.63) is 0 Å². The summed E-state index contributed by atoms with van der Waals surface area (Å²) in [4.78, 5) is 4.41. The molecule has 0 aromatic carbocycles. The fourth-order valence-electron chi connectivity index (χ4n) is 1.68. The van der Waals surface area contributed by atoms with E-state index in [-0.39, 0.29) is 6.17 Å². The zero-order valence-corrected chi connectivity index (χ0v) is 7.21. The van der Waals surface area contributed by atoms with Gasteiger partial charge in [-0.1, -0.05) is 0 Å². The Balaban J connectivity index is 1.88. The quantitative estimate of drug-likeness (QED) is 0.468. The first-order valence-electron chi connectivity index (χ1n) is 4.66. The molecule has 0 aliphatic carbocycles. The van der Waals surface area contributed by atoms with Crippen molar-refractivity contribution in [3.63, 3.8) is 0 Å². The van der Waals surface area contributed by atoms with Gasteiger partial charge < -0.3 is 10.6 Å². The van der Waals surface area contributed by atoms with Crippen LogP contribution in [0.4, 0.5) is 0 Å². The monoisotopic (exact) mass is 168 g/mol. The number of aliphatic imine (C=N–C) groups is 1. The van der Waals surface area contributed by atoms with Crippen molar-refractivity contribution >= 4 is 6.21 Å². The third kappa shape index (κ3) is 1.83. The molecule has 2 unspecified atom stereocenters.